The number of carbonyl (C=O) groups excluding carboxylic acids is 2. The normalized spacial score (nSPS) is 42.4. The van der Waals surface area contributed by atoms with Crippen molar-refractivity contribution >= 4 is 81.4 Å². The van der Waals surface area contributed by atoms with E-state index < -0.39 is 32.3 Å². The molecule has 0 aromatic carbocycles. The van der Waals surface area contributed by atoms with Crippen LogP contribution in [-0.4, -0.2) is 44.1 Å². The molecule has 2 amide bonds. The summed E-state index contributed by atoms with van der Waals surface area (Å²) in [6.07, 6.45) is 0.748. The third-order valence-corrected chi connectivity index (χ3v) is 6.71. The second kappa shape index (κ2) is 7.77. The fraction of sp³-hybridized carbons (Fsp3) is 0.800. The highest BCUT2D eigenvalue weighted by atomic mass is 35.5. The van der Waals surface area contributed by atoms with Gasteiger partial charge >= 0.3 is 0 Å². The standard InChI is InChI=1S/C6H6Cl6.C4H5NO2/c7-1-2(8)4(10)6(12)5(11)3(1)9;6-3-1-2-4(7)5-3/h1-6H;1-2H2,(H,5,6,7)/t1-,2-,3-,4+,5+,6+;. The molecule has 0 bridgehead atoms. The molecule has 1 saturated heterocycles. The van der Waals surface area contributed by atoms with Gasteiger partial charge in [0.25, 0.3) is 0 Å². The first-order chi connectivity index (χ1) is 8.75. The van der Waals surface area contributed by atoms with Crippen LogP contribution >= 0.6 is 69.6 Å². The van der Waals surface area contributed by atoms with Gasteiger partial charge in [0, 0.05) is 12.8 Å². The lowest BCUT2D eigenvalue weighted by Gasteiger charge is -2.37. The van der Waals surface area contributed by atoms with Crippen LogP contribution in [0, 0.1) is 0 Å². The van der Waals surface area contributed by atoms with Gasteiger partial charge in [-0.1, -0.05) is 0 Å². The fourth-order valence-electron chi connectivity index (χ4n) is 1.56. The summed E-state index contributed by atoms with van der Waals surface area (Å²) in [7, 11) is 0. The summed E-state index contributed by atoms with van der Waals surface area (Å²) < 4.78 is 0. The molecule has 0 radical (unpaired) electrons. The maximum absolute atomic E-state index is 10.1. The Morgan fingerprint density at radius 2 is 0.842 bits per heavy atom. The first-order valence-electron chi connectivity index (χ1n) is 5.42. The Kier molecular flexibility index (Phi) is 7.33. The highest BCUT2D eigenvalue weighted by Crippen LogP contribution is 2.39. The number of alkyl halides is 6. The molecule has 3 nitrogen and oxygen atoms in total. The number of amides is 2. The minimum atomic E-state index is -0.437. The average molecular weight is 390 g/mol. The molecule has 1 aliphatic heterocycles. The number of hydrogen-bond donors (Lipinski definition) is 1. The van der Waals surface area contributed by atoms with Crippen molar-refractivity contribution in [1.29, 1.82) is 0 Å². The number of hydrogen-bond acceptors (Lipinski definition) is 2. The molecule has 0 unspecified atom stereocenters. The van der Waals surface area contributed by atoms with E-state index in [0.29, 0.717) is 12.8 Å². The van der Waals surface area contributed by atoms with Crippen LogP contribution < -0.4 is 5.32 Å². The molecule has 1 saturated carbocycles. The summed E-state index contributed by atoms with van der Waals surface area (Å²) in [5.74, 6) is -0.296. The van der Waals surface area contributed by atoms with Crippen LogP contribution in [0.3, 0.4) is 0 Å². The zero-order valence-corrected chi connectivity index (χ0v) is 14.0. The van der Waals surface area contributed by atoms with Crippen LogP contribution in [0.5, 0.6) is 0 Å². The van der Waals surface area contributed by atoms with Crippen LogP contribution in [0.15, 0.2) is 0 Å². The molecule has 9 heteroatoms. The quantitative estimate of drug-likeness (QED) is 0.511. The third-order valence-electron chi connectivity index (χ3n) is 2.68. The lowest BCUT2D eigenvalue weighted by atomic mass is 9.97. The molecule has 110 valence electrons. The number of halogens is 6. The van der Waals surface area contributed by atoms with Gasteiger partial charge in [0.2, 0.25) is 11.8 Å². The Bertz CT molecular complexity index is 282. The maximum Gasteiger partial charge on any atom is 0.227 e. The van der Waals surface area contributed by atoms with Gasteiger partial charge in [-0.05, 0) is 0 Å². The van der Waals surface area contributed by atoms with E-state index in [1.54, 1.807) is 0 Å². The monoisotopic (exact) mass is 387 g/mol. The fourth-order valence-corrected chi connectivity index (χ4v) is 3.89. The van der Waals surface area contributed by atoms with Gasteiger partial charge in [-0.15, -0.1) is 69.6 Å². The van der Waals surface area contributed by atoms with E-state index in [1.165, 1.54) is 0 Å². The third kappa shape index (κ3) is 4.69. The predicted octanol–water partition coefficient (Wildman–Crippen LogP) is 3.07. The molecule has 0 spiro atoms. The summed E-state index contributed by atoms with van der Waals surface area (Å²) in [4.78, 5) is 20.2. The van der Waals surface area contributed by atoms with Crippen molar-refractivity contribution in [3.05, 3.63) is 0 Å². The Hall–Kier alpha value is 0.880. The summed E-state index contributed by atoms with van der Waals surface area (Å²) >= 11 is 35.3. The lowest BCUT2D eigenvalue weighted by molar-refractivity contribution is -0.124. The van der Waals surface area contributed by atoms with Crippen LogP contribution in [0.2, 0.25) is 0 Å². The Balaban J connectivity index is 0.000000218. The van der Waals surface area contributed by atoms with Crippen molar-refractivity contribution in [3.63, 3.8) is 0 Å². The molecule has 2 fully saturated rings. The van der Waals surface area contributed by atoms with Crippen LogP contribution in [0.1, 0.15) is 12.8 Å². The van der Waals surface area contributed by atoms with Crippen molar-refractivity contribution in [2.45, 2.75) is 45.1 Å². The van der Waals surface area contributed by atoms with Gasteiger partial charge in [-0.2, -0.15) is 0 Å². The van der Waals surface area contributed by atoms with Crippen LogP contribution in [-0.2, 0) is 9.59 Å². The zero-order valence-electron chi connectivity index (χ0n) is 9.46. The topological polar surface area (TPSA) is 46.2 Å². The van der Waals surface area contributed by atoms with Gasteiger partial charge in [0.05, 0.1) is 32.3 Å². The molecular weight excluding hydrogens is 379 g/mol. The molecule has 19 heavy (non-hydrogen) atoms. The van der Waals surface area contributed by atoms with E-state index in [0.717, 1.165) is 0 Å². The molecule has 1 N–H and O–H groups in total. The van der Waals surface area contributed by atoms with Crippen molar-refractivity contribution < 1.29 is 9.59 Å². The van der Waals surface area contributed by atoms with Gasteiger partial charge in [0.15, 0.2) is 0 Å². The summed E-state index contributed by atoms with van der Waals surface area (Å²) in [6, 6.07) is 0. The van der Waals surface area contributed by atoms with E-state index in [9.17, 15) is 9.59 Å². The van der Waals surface area contributed by atoms with Crippen LogP contribution in [0.25, 0.3) is 0 Å². The van der Waals surface area contributed by atoms with Gasteiger partial charge < -0.3 is 0 Å². The second-order valence-electron chi connectivity index (χ2n) is 4.14. The van der Waals surface area contributed by atoms with E-state index in [4.69, 9.17) is 69.6 Å². The summed E-state index contributed by atoms with van der Waals surface area (Å²) in [6.45, 7) is 0. The van der Waals surface area contributed by atoms with Gasteiger partial charge in [-0.3, -0.25) is 14.9 Å². The molecule has 1 aliphatic carbocycles. The zero-order chi connectivity index (χ0) is 14.7. The first-order valence-corrected chi connectivity index (χ1v) is 8.04. The van der Waals surface area contributed by atoms with E-state index in [-0.39, 0.29) is 11.8 Å². The Morgan fingerprint density at radius 3 is 0.947 bits per heavy atom. The number of nitrogens with one attached hydrogen (secondary N) is 1. The van der Waals surface area contributed by atoms with Crippen molar-refractivity contribution in [3.8, 4) is 0 Å². The number of imide groups is 1. The average Bonchev–Trinajstić information content (AvgIpc) is 2.76. The predicted molar refractivity (Wildman–Crippen MR) is 80.2 cm³/mol. The Morgan fingerprint density at radius 1 is 0.632 bits per heavy atom. The van der Waals surface area contributed by atoms with Crippen molar-refractivity contribution in [1.82, 2.24) is 5.32 Å². The SMILES string of the molecule is Cl[C@H]1[C@H](Cl)[C@@H](Cl)[C@@H](Cl)[C@H](Cl)[C@H]1Cl.O=C1CCC(=O)N1. The summed E-state index contributed by atoms with van der Waals surface area (Å²) in [5, 5.41) is -0.481. The molecule has 0 atom stereocenters. The minimum Gasteiger partial charge on any atom is -0.296 e. The Labute approximate surface area is 141 Å². The molecule has 0 aromatic rings. The maximum atomic E-state index is 10.1. The summed E-state index contributed by atoms with van der Waals surface area (Å²) in [5.41, 5.74) is 0. The molecule has 2 rings (SSSR count). The number of rotatable bonds is 0. The highest BCUT2D eigenvalue weighted by molar-refractivity contribution is 6.45. The van der Waals surface area contributed by atoms with Crippen molar-refractivity contribution in [2.75, 3.05) is 0 Å². The second-order valence-corrected chi connectivity index (χ2v) is 7.16. The minimum absolute atomic E-state index is 0.148. The molecule has 1 heterocycles. The van der Waals surface area contributed by atoms with E-state index in [2.05, 4.69) is 5.32 Å². The van der Waals surface area contributed by atoms with Crippen molar-refractivity contribution in [2.24, 2.45) is 0 Å². The largest absolute Gasteiger partial charge is 0.296 e. The first kappa shape index (κ1) is 17.9. The van der Waals surface area contributed by atoms with E-state index >= 15 is 0 Å². The smallest absolute Gasteiger partial charge is 0.227 e. The molecular formula is C10H11Cl6NO2. The molecule has 2 aliphatic rings. The van der Waals surface area contributed by atoms with E-state index in [1.807, 2.05) is 0 Å². The highest BCUT2D eigenvalue weighted by Gasteiger charge is 2.46. The van der Waals surface area contributed by atoms with Crippen LogP contribution in [0.4, 0.5) is 0 Å². The lowest BCUT2D eigenvalue weighted by Crippen LogP contribution is -2.52. The van der Waals surface area contributed by atoms with Gasteiger partial charge in [-0.25, -0.2) is 0 Å². The molecule has 0 aromatic heterocycles. The number of carbonyl (C=O) groups is 2. The van der Waals surface area contributed by atoms with Gasteiger partial charge in [0.1, 0.15) is 0 Å².